The van der Waals surface area contributed by atoms with Crippen LogP contribution in [-0.4, -0.2) is 4.98 Å². The van der Waals surface area contributed by atoms with Crippen LogP contribution < -0.4 is 5.73 Å². The minimum atomic E-state index is -0.264. The molecule has 0 unspecified atom stereocenters. The number of hydrogen-bond acceptors (Lipinski definition) is 3. The highest BCUT2D eigenvalue weighted by Gasteiger charge is 2.23. The molecular weight excluding hydrogens is 327 g/mol. The number of hydrogen-bond donors (Lipinski definition) is 1. The van der Waals surface area contributed by atoms with Gasteiger partial charge in [0.2, 0.25) is 0 Å². The summed E-state index contributed by atoms with van der Waals surface area (Å²) in [7, 11) is 0. The van der Waals surface area contributed by atoms with Crippen LogP contribution in [0, 0.1) is 5.82 Å². The Morgan fingerprint density at radius 1 is 1.37 bits per heavy atom. The number of halogens is 2. The maximum Gasteiger partial charge on any atom is 0.125 e. The number of benzene rings is 1. The summed E-state index contributed by atoms with van der Waals surface area (Å²) >= 11 is 4.97. The summed E-state index contributed by atoms with van der Waals surface area (Å²) in [5.41, 5.74) is 7.49. The van der Waals surface area contributed by atoms with Gasteiger partial charge in [-0.05, 0) is 18.2 Å². The van der Waals surface area contributed by atoms with E-state index in [2.05, 4.69) is 41.7 Å². The van der Waals surface area contributed by atoms with Gasteiger partial charge in [-0.25, -0.2) is 9.37 Å². The van der Waals surface area contributed by atoms with Crippen LogP contribution in [0.15, 0.2) is 22.7 Å². The fraction of sp³-hybridized carbons (Fsp3) is 0.357. The van der Waals surface area contributed by atoms with E-state index in [4.69, 9.17) is 5.73 Å². The topological polar surface area (TPSA) is 38.9 Å². The van der Waals surface area contributed by atoms with Gasteiger partial charge in [0.05, 0.1) is 5.69 Å². The first-order chi connectivity index (χ1) is 8.82. The van der Waals surface area contributed by atoms with Gasteiger partial charge < -0.3 is 5.73 Å². The van der Waals surface area contributed by atoms with E-state index in [0.717, 1.165) is 25.6 Å². The third kappa shape index (κ3) is 3.04. The molecule has 0 fully saturated rings. The number of rotatable bonds is 2. The van der Waals surface area contributed by atoms with E-state index in [1.165, 1.54) is 23.5 Å². The zero-order valence-corrected chi connectivity index (χ0v) is 13.5. The van der Waals surface area contributed by atoms with Crippen molar-refractivity contribution in [2.24, 2.45) is 5.73 Å². The summed E-state index contributed by atoms with van der Waals surface area (Å²) in [6, 6.07) is 4.62. The van der Waals surface area contributed by atoms with Crippen LogP contribution in [0.3, 0.4) is 0 Å². The third-order valence-corrected chi connectivity index (χ3v) is 4.55. The molecule has 2 N–H and O–H groups in total. The van der Waals surface area contributed by atoms with Crippen LogP contribution in [0.2, 0.25) is 0 Å². The summed E-state index contributed by atoms with van der Waals surface area (Å²) in [6.07, 6.45) is 0. The van der Waals surface area contributed by atoms with E-state index < -0.39 is 0 Å². The molecule has 0 saturated heterocycles. The summed E-state index contributed by atoms with van der Waals surface area (Å²) < 4.78 is 14.2. The van der Waals surface area contributed by atoms with Crippen LogP contribution >= 0.6 is 27.3 Å². The molecule has 19 heavy (non-hydrogen) atoms. The van der Waals surface area contributed by atoms with Crippen molar-refractivity contribution in [3.8, 4) is 10.6 Å². The van der Waals surface area contributed by atoms with E-state index in [1.54, 1.807) is 6.07 Å². The predicted molar refractivity (Wildman–Crippen MR) is 81.8 cm³/mol. The summed E-state index contributed by atoms with van der Waals surface area (Å²) in [5.74, 6) is -0.264. The Morgan fingerprint density at radius 3 is 2.58 bits per heavy atom. The van der Waals surface area contributed by atoms with Gasteiger partial charge in [-0.2, -0.15) is 0 Å². The van der Waals surface area contributed by atoms with Crippen molar-refractivity contribution in [2.45, 2.75) is 32.7 Å². The standard InChI is InChI=1S/C14H16BrFN2S/c1-14(2,3)12-11(7-17)19-13(18-12)9-6-8(16)4-5-10(9)15/h4-6H,7,17H2,1-3H3. The molecule has 0 radical (unpaired) electrons. The summed E-state index contributed by atoms with van der Waals surface area (Å²) in [6.45, 7) is 6.76. The lowest BCUT2D eigenvalue weighted by Gasteiger charge is -2.16. The van der Waals surface area contributed by atoms with Gasteiger partial charge in [-0.15, -0.1) is 11.3 Å². The second-order valence-electron chi connectivity index (χ2n) is 5.37. The second kappa shape index (κ2) is 5.31. The first-order valence-electron chi connectivity index (χ1n) is 5.98. The van der Waals surface area contributed by atoms with Gasteiger partial charge in [0.25, 0.3) is 0 Å². The second-order valence-corrected chi connectivity index (χ2v) is 7.31. The number of aromatic nitrogens is 1. The maximum absolute atomic E-state index is 13.4. The highest BCUT2D eigenvalue weighted by Crippen LogP contribution is 2.37. The molecule has 102 valence electrons. The largest absolute Gasteiger partial charge is 0.326 e. The van der Waals surface area contributed by atoms with E-state index in [9.17, 15) is 4.39 Å². The van der Waals surface area contributed by atoms with E-state index >= 15 is 0 Å². The highest BCUT2D eigenvalue weighted by molar-refractivity contribution is 9.10. The highest BCUT2D eigenvalue weighted by atomic mass is 79.9. The zero-order chi connectivity index (χ0) is 14.2. The summed E-state index contributed by atoms with van der Waals surface area (Å²) in [4.78, 5) is 5.72. The first-order valence-corrected chi connectivity index (χ1v) is 7.59. The normalized spacial score (nSPS) is 11.9. The van der Waals surface area contributed by atoms with Crippen LogP contribution in [-0.2, 0) is 12.0 Å². The van der Waals surface area contributed by atoms with E-state index in [0.29, 0.717) is 6.54 Å². The molecule has 2 aromatic rings. The van der Waals surface area contributed by atoms with Gasteiger partial charge in [0.15, 0.2) is 0 Å². The molecule has 1 aromatic heterocycles. The van der Waals surface area contributed by atoms with Crippen molar-refractivity contribution in [3.05, 3.63) is 39.1 Å². The average molecular weight is 343 g/mol. The number of nitrogens with two attached hydrogens (primary N) is 1. The van der Waals surface area contributed by atoms with Crippen molar-refractivity contribution in [1.82, 2.24) is 4.98 Å². The van der Waals surface area contributed by atoms with Crippen LogP contribution in [0.4, 0.5) is 4.39 Å². The molecule has 0 amide bonds. The molecule has 2 rings (SSSR count). The Morgan fingerprint density at radius 2 is 2.05 bits per heavy atom. The van der Waals surface area contributed by atoms with E-state index in [-0.39, 0.29) is 11.2 Å². The molecule has 0 saturated carbocycles. The zero-order valence-electron chi connectivity index (χ0n) is 11.1. The van der Waals surface area contributed by atoms with Crippen LogP contribution in [0.1, 0.15) is 31.3 Å². The fourth-order valence-electron chi connectivity index (χ4n) is 1.85. The minimum Gasteiger partial charge on any atom is -0.326 e. The third-order valence-electron chi connectivity index (χ3n) is 2.75. The SMILES string of the molecule is CC(C)(C)c1nc(-c2cc(F)ccc2Br)sc1CN. The number of thiazole rings is 1. The molecule has 2 nitrogen and oxygen atoms in total. The molecule has 0 aliphatic heterocycles. The average Bonchev–Trinajstić information content (AvgIpc) is 2.76. The van der Waals surface area contributed by atoms with Crippen molar-refractivity contribution in [1.29, 1.82) is 0 Å². The van der Waals surface area contributed by atoms with Crippen LogP contribution in [0.25, 0.3) is 10.6 Å². The molecule has 5 heteroatoms. The smallest absolute Gasteiger partial charge is 0.125 e. The Hall–Kier alpha value is -0.780. The molecule has 1 aromatic carbocycles. The van der Waals surface area contributed by atoms with Crippen molar-refractivity contribution < 1.29 is 4.39 Å². The lowest BCUT2D eigenvalue weighted by Crippen LogP contribution is -2.15. The van der Waals surface area contributed by atoms with Crippen molar-refractivity contribution in [2.75, 3.05) is 0 Å². The van der Waals surface area contributed by atoms with Gasteiger partial charge >= 0.3 is 0 Å². The van der Waals surface area contributed by atoms with Gasteiger partial charge in [0.1, 0.15) is 10.8 Å². The van der Waals surface area contributed by atoms with Crippen molar-refractivity contribution in [3.63, 3.8) is 0 Å². The molecule has 0 spiro atoms. The molecule has 0 bridgehead atoms. The summed E-state index contributed by atoms with van der Waals surface area (Å²) in [5, 5.41) is 0.803. The van der Waals surface area contributed by atoms with Crippen LogP contribution in [0.5, 0.6) is 0 Å². The maximum atomic E-state index is 13.4. The predicted octanol–water partition coefficient (Wildman–Crippen LogP) is 4.47. The minimum absolute atomic E-state index is 0.0662. The van der Waals surface area contributed by atoms with Gasteiger partial charge in [0, 0.05) is 26.9 Å². The first kappa shape index (κ1) is 14.6. The van der Waals surface area contributed by atoms with Gasteiger partial charge in [-0.3, -0.25) is 0 Å². The molecule has 1 heterocycles. The number of nitrogens with zero attached hydrogens (tertiary/aromatic N) is 1. The van der Waals surface area contributed by atoms with E-state index in [1.807, 2.05) is 0 Å². The molecule has 0 atom stereocenters. The molecule has 0 aliphatic carbocycles. The monoisotopic (exact) mass is 342 g/mol. The van der Waals surface area contributed by atoms with Gasteiger partial charge in [-0.1, -0.05) is 36.7 Å². The lowest BCUT2D eigenvalue weighted by atomic mass is 9.91. The Bertz CT molecular complexity index is 602. The Balaban J connectivity index is 2.58. The van der Waals surface area contributed by atoms with Crippen molar-refractivity contribution >= 4 is 27.3 Å². The lowest BCUT2D eigenvalue weighted by molar-refractivity contribution is 0.567. The molecule has 0 aliphatic rings. The fourth-order valence-corrected chi connectivity index (χ4v) is 3.60. The quantitative estimate of drug-likeness (QED) is 0.874. The Labute approximate surface area is 125 Å². The molecular formula is C14H16BrFN2S. The Kier molecular flexibility index (Phi) is 4.08.